The highest BCUT2D eigenvalue weighted by atomic mass is 79.9. The van der Waals surface area contributed by atoms with Gasteiger partial charge in [0.2, 0.25) is 0 Å². The van der Waals surface area contributed by atoms with Gasteiger partial charge in [-0.3, -0.25) is 0 Å². The molecular weight excluding hydrogens is 410 g/mol. The Morgan fingerprint density at radius 2 is 1.81 bits per heavy atom. The van der Waals surface area contributed by atoms with Crippen LogP contribution in [0.1, 0.15) is 45.9 Å². The summed E-state index contributed by atoms with van der Waals surface area (Å²) < 4.78 is 8.25. The Morgan fingerprint density at radius 3 is 2.31 bits per heavy atom. The molecule has 4 nitrogen and oxygen atoms in total. The zero-order chi connectivity index (χ0) is 20.1. The second-order valence-electron chi connectivity index (χ2n) is 9.16. The summed E-state index contributed by atoms with van der Waals surface area (Å²) in [5, 5.41) is 0.793. The molecule has 6 heteroatoms. The lowest BCUT2D eigenvalue weighted by molar-refractivity contribution is 0.0541. The van der Waals surface area contributed by atoms with Crippen molar-refractivity contribution in [3.63, 3.8) is 0 Å². The fourth-order valence-electron chi connectivity index (χ4n) is 2.88. The van der Waals surface area contributed by atoms with Gasteiger partial charge in [-0.25, -0.2) is 9.36 Å². The second-order valence-corrected chi connectivity index (χ2v) is 14.5. The highest BCUT2D eigenvalue weighted by Gasteiger charge is 2.39. The monoisotopic (exact) mass is 439 g/mol. The van der Waals surface area contributed by atoms with Crippen molar-refractivity contribution in [3.05, 3.63) is 33.9 Å². The first-order valence-electron chi connectivity index (χ1n) is 8.89. The first-order chi connectivity index (χ1) is 11.6. The first kappa shape index (κ1) is 21.2. The van der Waals surface area contributed by atoms with Gasteiger partial charge < -0.3 is 9.53 Å². The molecule has 0 aliphatic heterocycles. The lowest BCUT2D eigenvalue weighted by Gasteiger charge is -2.35. The molecule has 1 aromatic carbocycles. The van der Waals surface area contributed by atoms with Crippen molar-refractivity contribution in [3.8, 4) is 0 Å². The van der Waals surface area contributed by atoms with E-state index in [1.165, 1.54) is 0 Å². The molecule has 0 radical (unpaired) electrons. The number of hydrogen-bond acceptors (Lipinski definition) is 3. The van der Waals surface area contributed by atoms with Gasteiger partial charge in [-0.15, -0.1) is 0 Å². The van der Waals surface area contributed by atoms with E-state index in [0.717, 1.165) is 26.6 Å². The number of hydrogen-bond donors (Lipinski definition) is 1. The van der Waals surface area contributed by atoms with Crippen molar-refractivity contribution < 1.29 is 14.3 Å². The maximum absolute atomic E-state index is 12.8. The number of ether oxygens (including phenoxy) is 1. The number of carbonyl (C=O) groups is 1. The van der Waals surface area contributed by atoms with E-state index >= 15 is 0 Å². The minimum Gasteiger partial charge on any atom is -0.443 e. The lowest BCUT2D eigenvalue weighted by Crippen LogP contribution is -2.40. The van der Waals surface area contributed by atoms with Gasteiger partial charge in [0.25, 0.3) is 0 Å². The molecule has 144 valence electrons. The average molecular weight is 440 g/mol. The van der Waals surface area contributed by atoms with Crippen molar-refractivity contribution in [2.75, 3.05) is 0 Å². The largest absolute Gasteiger partial charge is 0.443 e. The number of nitrogens with zero attached hydrogens (tertiary/aromatic N) is 1. The Bertz CT molecular complexity index is 841. The maximum atomic E-state index is 12.8. The Labute approximate surface area is 165 Å². The van der Waals surface area contributed by atoms with Crippen LogP contribution in [0.5, 0.6) is 0 Å². The van der Waals surface area contributed by atoms with Crippen molar-refractivity contribution >= 4 is 41.2 Å². The normalized spacial score (nSPS) is 13.3. The van der Waals surface area contributed by atoms with Gasteiger partial charge in [-0.05, 0) is 76.0 Å². The van der Waals surface area contributed by atoms with Crippen molar-refractivity contribution in [1.29, 1.82) is 0 Å². The lowest BCUT2D eigenvalue weighted by atomic mass is 9.99. The van der Waals surface area contributed by atoms with Gasteiger partial charge in [0, 0.05) is 15.6 Å². The summed E-state index contributed by atoms with van der Waals surface area (Å²) in [6.45, 7) is 15.7. The predicted octanol–water partition coefficient (Wildman–Crippen LogP) is 6.02. The molecule has 0 spiro atoms. The molecular formula is C20H30BrNO3Si. The van der Waals surface area contributed by atoms with Crippen LogP contribution in [0.25, 0.3) is 10.9 Å². The molecule has 0 fully saturated rings. The van der Waals surface area contributed by atoms with Gasteiger partial charge in [-0.2, -0.15) is 0 Å². The van der Waals surface area contributed by atoms with Gasteiger partial charge in [0.05, 0.1) is 5.52 Å². The fourth-order valence-corrected chi connectivity index (χ4v) is 3.85. The highest BCUT2D eigenvalue weighted by molar-refractivity contribution is 9.10. The van der Waals surface area contributed by atoms with Crippen molar-refractivity contribution in [1.82, 2.24) is 4.57 Å². The molecule has 2 rings (SSSR count). The summed E-state index contributed by atoms with van der Waals surface area (Å²) in [6, 6.07) is 5.91. The third-order valence-corrected chi connectivity index (χ3v) is 9.13. The summed E-state index contributed by atoms with van der Waals surface area (Å²) >= 11 is 3.54. The zero-order valence-corrected chi connectivity index (χ0v) is 19.6. The van der Waals surface area contributed by atoms with E-state index in [1.807, 2.05) is 59.0 Å². The molecule has 1 N–H and O–H groups in total. The van der Waals surface area contributed by atoms with Crippen LogP contribution in [0.3, 0.4) is 0 Å². The minimum absolute atomic E-state index is 0.229. The molecule has 0 saturated carbocycles. The quantitative estimate of drug-likeness (QED) is 0.594. The SMILES string of the molecule is Cc1c(CC(C)(C)[Si](C)(C)O)c2cc(Br)ccc2n1C(=O)OC(C)(C)C. The van der Waals surface area contributed by atoms with E-state index in [4.69, 9.17) is 4.74 Å². The van der Waals surface area contributed by atoms with Gasteiger partial charge in [0.15, 0.2) is 8.32 Å². The number of halogens is 1. The second kappa shape index (κ2) is 6.80. The summed E-state index contributed by atoms with van der Waals surface area (Å²) in [7, 11) is -2.38. The Hall–Kier alpha value is -1.11. The van der Waals surface area contributed by atoms with Crippen LogP contribution in [0.15, 0.2) is 22.7 Å². The first-order valence-corrected chi connectivity index (χ1v) is 12.6. The number of aromatic nitrogens is 1. The molecule has 0 saturated heterocycles. The average Bonchev–Trinajstić information content (AvgIpc) is 2.68. The molecule has 0 unspecified atom stereocenters. The molecule has 1 heterocycles. The molecule has 0 aliphatic carbocycles. The van der Waals surface area contributed by atoms with Crippen LogP contribution < -0.4 is 0 Å². The van der Waals surface area contributed by atoms with E-state index in [2.05, 4.69) is 29.8 Å². The third-order valence-electron chi connectivity index (χ3n) is 5.15. The molecule has 2 aromatic rings. The summed E-state index contributed by atoms with van der Waals surface area (Å²) in [4.78, 5) is 23.6. The standard InChI is InChI=1S/C20H30BrNO3Si/c1-13-16(12-20(5,6)26(7,8)24)15-11-14(21)9-10-17(15)22(13)18(23)25-19(2,3)4/h9-11,24H,12H2,1-8H3. The summed E-state index contributed by atoms with van der Waals surface area (Å²) in [5.74, 6) is 0. The summed E-state index contributed by atoms with van der Waals surface area (Å²) in [5.41, 5.74) is 2.24. The van der Waals surface area contributed by atoms with Crippen LogP contribution >= 0.6 is 15.9 Å². The van der Waals surface area contributed by atoms with E-state index < -0.39 is 13.9 Å². The van der Waals surface area contributed by atoms with Crippen LogP contribution in [-0.2, 0) is 11.2 Å². The Morgan fingerprint density at radius 1 is 1.23 bits per heavy atom. The van der Waals surface area contributed by atoms with E-state index in [9.17, 15) is 9.59 Å². The summed E-state index contributed by atoms with van der Waals surface area (Å²) in [6.07, 6.45) is 0.337. The zero-order valence-electron chi connectivity index (χ0n) is 17.0. The Kier molecular flexibility index (Phi) is 5.54. The Balaban J connectivity index is 2.67. The molecule has 0 atom stereocenters. The molecule has 0 aliphatic rings. The number of benzene rings is 1. The highest BCUT2D eigenvalue weighted by Crippen LogP contribution is 2.42. The number of rotatable bonds is 3. The third kappa shape index (κ3) is 4.23. The fraction of sp³-hybridized carbons (Fsp3) is 0.550. The van der Waals surface area contributed by atoms with Crippen LogP contribution in [0.4, 0.5) is 4.79 Å². The van der Waals surface area contributed by atoms with Crippen LogP contribution in [-0.4, -0.2) is 29.4 Å². The minimum atomic E-state index is -2.38. The number of fused-ring (bicyclic) bond motifs is 1. The van der Waals surface area contributed by atoms with E-state index in [1.54, 1.807) is 4.57 Å². The van der Waals surface area contributed by atoms with E-state index in [0.29, 0.717) is 6.42 Å². The van der Waals surface area contributed by atoms with Gasteiger partial charge in [-0.1, -0.05) is 29.8 Å². The van der Waals surface area contributed by atoms with Gasteiger partial charge in [0.1, 0.15) is 5.60 Å². The van der Waals surface area contributed by atoms with Crippen molar-refractivity contribution in [2.24, 2.45) is 0 Å². The smallest absolute Gasteiger partial charge is 0.419 e. The topological polar surface area (TPSA) is 51.5 Å². The molecule has 0 amide bonds. The van der Waals surface area contributed by atoms with Gasteiger partial charge >= 0.3 is 6.09 Å². The molecule has 1 aromatic heterocycles. The van der Waals surface area contributed by atoms with Crippen LogP contribution in [0.2, 0.25) is 18.1 Å². The maximum Gasteiger partial charge on any atom is 0.419 e. The van der Waals surface area contributed by atoms with Crippen LogP contribution in [0, 0.1) is 6.92 Å². The predicted molar refractivity (Wildman–Crippen MR) is 113 cm³/mol. The number of carbonyl (C=O) groups excluding carboxylic acids is 1. The molecule has 26 heavy (non-hydrogen) atoms. The molecule has 0 bridgehead atoms. The van der Waals surface area contributed by atoms with Crippen molar-refractivity contribution in [2.45, 2.75) is 71.7 Å². The van der Waals surface area contributed by atoms with E-state index in [-0.39, 0.29) is 11.1 Å².